The summed E-state index contributed by atoms with van der Waals surface area (Å²) in [5, 5.41) is 13.6. The first-order valence-corrected chi connectivity index (χ1v) is 6.81. The molecule has 1 aliphatic carbocycles. The number of hydrogen-bond donors (Lipinski definition) is 2. The summed E-state index contributed by atoms with van der Waals surface area (Å²) >= 11 is 0. The molecule has 0 bridgehead atoms. The largest absolute Gasteiger partial charge is 0.388 e. The average Bonchev–Trinajstić information content (AvgIpc) is 2.76. The molecule has 2 fully saturated rings. The molecular formula is C13H24N2O2. The molecule has 1 aliphatic heterocycles. The molecule has 2 aliphatic rings. The van der Waals surface area contributed by atoms with Crippen LogP contribution >= 0.6 is 0 Å². The molecule has 4 nitrogen and oxygen atoms in total. The number of carbonyl (C=O) groups is 1. The molecule has 1 atom stereocenters. The van der Waals surface area contributed by atoms with Crippen LogP contribution in [0.2, 0.25) is 0 Å². The van der Waals surface area contributed by atoms with E-state index in [1.165, 1.54) is 0 Å². The van der Waals surface area contributed by atoms with E-state index in [1.807, 2.05) is 7.05 Å². The Morgan fingerprint density at radius 2 is 2.06 bits per heavy atom. The summed E-state index contributed by atoms with van der Waals surface area (Å²) in [6.07, 6.45) is 7.06. The van der Waals surface area contributed by atoms with Gasteiger partial charge in [0.15, 0.2) is 0 Å². The Hall–Kier alpha value is -0.610. The Morgan fingerprint density at radius 3 is 2.65 bits per heavy atom. The van der Waals surface area contributed by atoms with E-state index >= 15 is 0 Å². The second-order valence-electron chi connectivity index (χ2n) is 5.63. The zero-order valence-corrected chi connectivity index (χ0v) is 10.7. The third-order valence-electron chi connectivity index (χ3n) is 4.05. The van der Waals surface area contributed by atoms with Gasteiger partial charge in [0, 0.05) is 13.6 Å². The van der Waals surface area contributed by atoms with Crippen LogP contribution in [0.3, 0.4) is 0 Å². The maximum atomic E-state index is 12.2. The second-order valence-corrected chi connectivity index (χ2v) is 5.63. The van der Waals surface area contributed by atoms with Crippen molar-refractivity contribution in [3.05, 3.63) is 0 Å². The molecule has 0 aromatic heterocycles. The van der Waals surface area contributed by atoms with Crippen LogP contribution in [0.5, 0.6) is 0 Å². The van der Waals surface area contributed by atoms with Crippen molar-refractivity contribution in [2.45, 2.75) is 56.6 Å². The Kier molecular flexibility index (Phi) is 4.05. The molecule has 1 saturated heterocycles. The second kappa shape index (κ2) is 5.36. The van der Waals surface area contributed by atoms with Gasteiger partial charge in [-0.25, -0.2) is 0 Å². The molecule has 1 amide bonds. The molecule has 0 aromatic carbocycles. The molecule has 0 spiro atoms. The number of nitrogens with zero attached hydrogens (tertiary/aromatic N) is 1. The lowest BCUT2D eigenvalue weighted by molar-refractivity contribution is -0.136. The highest BCUT2D eigenvalue weighted by atomic mass is 16.3. The summed E-state index contributed by atoms with van der Waals surface area (Å²) in [6.45, 7) is 1.43. The Labute approximate surface area is 103 Å². The van der Waals surface area contributed by atoms with E-state index in [0.717, 1.165) is 51.5 Å². The summed E-state index contributed by atoms with van der Waals surface area (Å²) in [5.41, 5.74) is -0.626. The molecule has 0 radical (unpaired) electrons. The van der Waals surface area contributed by atoms with Crippen molar-refractivity contribution in [1.29, 1.82) is 0 Å². The monoisotopic (exact) mass is 240 g/mol. The summed E-state index contributed by atoms with van der Waals surface area (Å²) < 4.78 is 0. The molecule has 0 unspecified atom stereocenters. The fourth-order valence-corrected chi connectivity index (χ4v) is 3.04. The lowest BCUT2D eigenvalue weighted by atomic mass is 10.00. The Morgan fingerprint density at radius 1 is 1.35 bits per heavy atom. The SMILES string of the molecule is CN(CC1(O)CCCC1)C(=O)[C@@H]1CCCCN1. The van der Waals surface area contributed by atoms with E-state index in [1.54, 1.807) is 4.90 Å². The summed E-state index contributed by atoms with van der Waals surface area (Å²) in [4.78, 5) is 13.9. The number of nitrogens with one attached hydrogen (secondary N) is 1. The number of likely N-dealkylation sites (N-methyl/N-ethyl adjacent to an activating group) is 1. The van der Waals surface area contributed by atoms with Crippen molar-refractivity contribution in [3.63, 3.8) is 0 Å². The molecule has 4 heteroatoms. The minimum atomic E-state index is -0.626. The molecule has 98 valence electrons. The summed E-state index contributed by atoms with van der Waals surface area (Å²) in [6, 6.07) is -0.0289. The van der Waals surface area contributed by atoms with Crippen LogP contribution in [0.1, 0.15) is 44.9 Å². The smallest absolute Gasteiger partial charge is 0.239 e. The average molecular weight is 240 g/mol. The molecule has 17 heavy (non-hydrogen) atoms. The third-order valence-corrected chi connectivity index (χ3v) is 4.05. The quantitative estimate of drug-likeness (QED) is 0.770. The van der Waals surface area contributed by atoms with Crippen molar-refractivity contribution in [3.8, 4) is 0 Å². The predicted octanol–water partition coefficient (Wildman–Crippen LogP) is 0.892. The molecular weight excluding hydrogens is 216 g/mol. The third kappa shape index (κ3) is 3.19. The van der Waals surface area contributed by atoms with Crippen LogP contribution in [-0.4, -0.2) is 47.7 Å². The highest BCUT2D eigenvalue weighted by molar-refractivity contribution is 5.81. The van der Waals surface area contributed by atoms with E-state index in [2.05, 4.69) is 5.32 Å². The van der Waals surface area contributed by atoms with Crippen molar-refractivity contribution in [1.82, 2.24) is 10.2 Å². The first-order chi connectivity index (χ1) is 8.11. The van der Waals surface area contributed by atoms with Gasteiger partial charge >= 0.3 is 0 Å². The van der Waals surface area contributed by atoms with Gasteiger partial charge in [-0.15, -0.1) is 0 Å². The highest BCUT2D eigenvalue weighted by Crippen LogP contribution is 2.30. The zero-order chi connectivity index (χ0) is 12.3. The van der Waals surface area contributed by atoms with Gasteiger partial charge in [-0.2, -0.15) is 0 Å². The molecule has 0 aromatic rings. The number of rotatable bonds is 3. The topological polar surface area (TPSA) is 52.6 Å². The lowest BCUT2D eigenvalue weighted by Gasteiger charge is -2.32. The van der Waals surface area contributed by atoms with E-state index in [9.17, 15) is 9.90 Å². The van der Waals surface area contributed by atoms with Crippen LogP contribution in [0.4, 0.5) is 0 Å². The fourth-order valence-electron chi connectivity index (χ4n) is 3.04. The number of aliphatic hydroxyl groups is 1. The van der Waals surface area contributed by atoms with E-state index in [0.29, 0.717) is 6.54 Å². The van der Waals surface area contributed by atoms with Gasteiger partial charge in [-0.05, 0) is 32.2 Å². The Balaban J connectivity index is 1.85. The van der Waals surface area contributed by atoms with E-state index in [4.69, 9.17) is 0 Å². The minimum Gasteiger partial charge on any atom is -0.388 e. The van der Waals surface area contributed by atoms with E-state index in [-0.39, 0.29) is 11.9 Å². The van der Waals surface area contributed by atoms with Crippen LogP contribution in [0, 0.1) is 0 Å². The number of hydrogen-bond acceptors (Lipinski definition) is 3. The van der Waals surface area contributed by atoms with Gasteiger partial charge in [0.2, 0.25) is 5.91 Å². The maximum Gasteiger partial charge on any atom is 0.239 e. The summed E-state index contributed by atoms with van der Waals surface area (Å²) in [5.74, 6) is 0.144. The zero-order valence-electron chi connectivity index (χ0n) is 10.7. The summed E-state index contributed by atoms with van der Waals surface area (Å²) in [7, 11) is 1.81. The van der Waals surface area contributed by atoms with Crippen molar-refractivity contribution in [2.24, 2.45) is 0 Å². The first kappa shape index (κ1) is 12.8. The highest BCUT2D eigenvalue weighted by Gasteiger charge is 2.34. The van der Waals surface area contributed by atoms with Crippen LogP contribution in [0.15, 0.2) is 0 Å². The number of piperidine rings is 1. The van der Waals surface area contributed by atoms with Gasteiger partial charge in [0.1, 0.15) is 0 Å². The predicted molar refractivity (Wildman–Crippen MR) is 66.7 cm³/mol. The number of amides is 1. The molecule has 2 N–H and O–H groups in total. The van der Waals surface area contributed by atoms with Crippen molar-refractivity contribution < 1.29 is 9.90 Å². The lowest BCUT2D eigenvalue weighted by Crippen LogP contribution is -2.51. The minimum absolute atomic E-state index is 0.0289. The van der Waals surface area contributed by atoms with Gasteiger partial charge in [0.05, 0.1) is 11.6 Å². The molecule has 1 saturated carbocycles. The van der Waals surface area contributed by atoms with Gasteiger partial charge in [-0.3, -0.25) is 4.79 Å². The van der Waals surface area contributed by atoms with Crippen LogP contribution < -0.4 is 5.32 Å². The van der Waals surface area contributed by atoms with Gasteiger partial charge in [0.25, 0.3) is 0 Å². The van der Waals surface area contributed by atoms with Crippen molar-refractivity contribution in [2.75, 3.05) is 20.1 Å². The van der Waals surface area contributed by atoms with E-state index < -0.39 is 5.60 Å². The van der Waals surface area contributed by atoms with Crippen LogP contribution in [-0.2, 0) is 4.79 Å². The van der Waals surface area contributed by atoms with Gasteiger partial charge in [-0.1, -0.05) is 19.3 Å². The standard InChI is InChI=1S/C13H24N2O2/c1-15(10-13(17)7-3-4-8-13)12(16)11-6-2-5-9-14-11/h11,14,17H,2-10H2,1H3/t11-/m0/s1. The fraction of sp³-hybridized carbons (Fsp3) is 0.923. The molecule has 1 heterocycles. The maximum absolute atomic E-state index is 12.2. The van der Waals surface area contributed by atoms with Crippen LogP contribution in [0.25, 0.3) is 0 Å². The first-order valence-electron chi connectivity index (χ1n) is 6.81. The number of carbonyl (C=O) groups excluding carboxylic acids is 1. The van der Waals surface area contributed by atoms with Gasteiger partial charge < -0.3 is 15.3 Å². The molecule has 2 rings (SSSR count). The van der Waals surface area contributed by atoms with Crippen molar-refractivity contribution >= 4 is 5.91 Å². The normalized spacial score (nSPS) is 28.0. The Bertz CT molecular complexity index is 269.